The summed E-state index contributed by atoms with van der Waals surface area (Å²) in [6.07, 6.45) is 5.55. The van der Waals surface area contributed by atoms with Gasteiger partial charge in [-0.3, -0.25) is 0 Å². The Labute approximate surface area is 122 Å². The van der Waals surface area contributed by atoms with Crippen molar-refractivity contribution in [3.05, 3.63) is 28.2 Å². The molecule has 1 aromatic carbocycles. The molecule has 104 valence electrons. The van der Waals surface area contributed by atoms with Crippen molar-refractivity contribution >= 4 is 27.6 Å². The Balaban J connectivity index is 1.96. The number of ether oxygens (including phenoxy) is 1. The predicted octanol–water partition coefficient (Wildman–Crippen LogP) is 4.16. The zero-order chi connectivity index (χ0) is 13.8. The molecule has 0 heterocycles. The zero-order valence-electron chi connectivity index (χ0n) is 11.2. The minimum absolute atomic E-state index is 0.0589. The summed E-state index contributed by atoms with van der Waals surface area (Å²) in [5.74, 6) is 0.521. The highest BCUT2D eigenvalue weighted by molar-refractivity contribution is 9.10. The average Bonchev–Trinajstić information content (AvgIpc) is 2.42. The average molecular weight is 326 g/mol. The van der Waals surface area contributed by atoms with Gasteiger partial charge in [-0.25, -0.2) is 4.79 Å². The van der Waals surface area contributed by atoms with Crippen molar-refractivity contribution in [2.24, 2.45) is 5.92 Å². The molecule has 2 N–H and O–H groups in total. The fraction of sp³-hybridized carbons (Fsp3) is 0.533. The number of hydrogen-bond acceptors (Lipinski definition) is 3. The molecular formula is C15H20BrNO2. The fourth-order valence-corrected chi connectivity index (χ4v) is 3.01. The number of esters is 1. The molecule has 0 aromatic heterocycles. The maximum absolute atomic E-state index is 12.1. The van der Waals surface area contributed by atoms with Crippen molar-refractivity contribution < 1.29 is 9.53 Å². The molecule has 2 rings (SSSR count). The van der Waals surface area contributed by atoms with Crippen LogP contribution in [0.1, 0.15) is 49.4 Å². The van der Waals surface area contributed by atoms with Crippen LogP contribution < -0.4 is 5.73 Å². The maximum Gasteiger partial charge on any atom is 0.339 e. The lowest BCUT2D eigenvalue weighted by Gasteiger charge is -2.27. The molecule has 1 aliphatic carbocycles. The Morgan fingerprint density at radius 3 is 2.68 bits per heavy atom. The first-order chi connectivity index (χ1) is 9.11. The number of nitrogen functional groups attached to an aromatic ring is 1. The summed E-state index contributed by atoms with van der Waals surface area (Å²) in [5.41, 5.74) is 6.84. The van der Waals surface area contributed by atoms with Crippen LogP contribution in [0.3, 0.4) is 0 Å². The molecule has 0 atom stereocenters. The second-order valence-electron chi connectivity index (χ2n) is 5.17. The number of carbonyl (C=O) groups excluding carboxylic acids is 1. The summed E-state index contributed by atoms with van der Waals surface area (Å²) in [5, 5.41) is 0. The van der Waals surface area contributed by atoms with Crippen molar-refractivity contribution in [3.63, 3.8) is 0 Å². The largest absolute Gasteiger partial charge is 0.459 e. The van der Waals surface area contributed by atoms with Gasteiger partial charge in [0.1, 0.15) is 6.10 Å². The SMILES string of the molecule is CCC1CCC(OC(=O)c2cccc(N)c2Br)CC1. The van der Waals surface area contributed by atoms with E-state index in [2.05, 4.69) is 22.9 Å². The summed E-state index contributed by atoms with van der Waals surface area (Å²) < 4.78 is 6.21. The van der Waals surface area contributed by atoms with Crippen LogP contribution in [0.2, 0.25) is 0 Å². The maximum atomic E-state index is 12.1. The van der Waals surface area contributed by atoms with Crippen LogP contribution in [0.4, 0.5) is 5.69 Å². The number of benzene rings is 1. The monoisotopic (exact) mass is 325 g/mol. The van der Waals surface area contributed by atoms with E-state index in [1.165, 1.54) is 6.42 Å². The van der Waals surface area contributed by atoms with Crippen LogP contribution in [0.25, 0.3) is 0 Å². The first kappa shape index (κ1) is 14.4. The predicted molar refractivity (Wildman–Crippen MR) is 80.0 cm³/mol. The molecule has 0 bridgehead atoms. The molecule has 1 aliphatic rings. The summed E-state index contributed by atoms with van der Waals surface area (Å²) in [6, 6.07) is 5.26. The van der Waals surface area contributed by atoms with Gasteiger partial charge in [0.15, 0.2) is 0 Å². The van der Waals surface area contributed by atoms with Gasteiger partial charge >= 0.3 is 5.97 Å². The van der Waals surface area contributed by atoms with Crippen molar-refractivity contribution in [2.45, 2.75) is 45.1 Å². The molecule has 1 aromatic rings. The molecule has 0 saturated heterocycles. The summed E-state index contributed by atoms with van der Waals surface area (Å²) >= 11 is 3.34. The zero-order valence-corrected chi connectivity index (χ0v) is 12.8. The van der Waals surface area contributed by atoms with E-state index in [0.29, 0.717) is 15.7 Å². The summed E-state index contributed by atoms with van der Waals surface area (Å²) in [7, 11) is 0. The van der Waals surface area contributed by atoms with E-state index in [-0.39, 0.29) is 12.1 Å². The van der Waals surface area contributed by atoms with Gasteiger partial charge < -0.3 is 10.5 Å². The third kappa shape index (κ3) is 3.50. The fourth-order valence-electron chi connectivity index (χ4n) is 2.58. The van der Waals surface area contributed by atoms with Crippen molar-refractivity contribution in [1.82, 2.24) is 0 Å². The smallest absolute Gasteiger partial charge is 0.339 e. The van der Waals surface area contributed by atoms with E-state index >= 15 is 0 Å². The van der Waals surface area contributed by atoms with E-state index in [4.69, 9.17) is 10.5 Å². The van der Waals surface area contributed by atoms with E-state index in [0.717, 1.165) is 31.6 Å². The van der Waals surface area contributed by atoms with Crippen molar-refractivity contribution in [1.29, 1.82) is 0 Å². The molecule has 1 fully saturated rings. The third-order valence-electron chi connectivity index (χ3n) is 3.89. The lowest BCUT2D eigenvalue weighted by atomic mass is 9.86. The topological polar surface area (TPSA) is 52.3 Å². The molecule has 0 radical (unpaired) electrons. The van der Waals surface area contributed by atoms with Crippen LogP contribution >= 0.6 is 15.9 Å². The van der Waals surface area contributed by atoms with E-state index in [1.807, 2.05) is 0 Å². The van der Waals surface area contributed by atoms with Crippen molar-refractivity contribution in [2.75, 3.05) is 5.73 Å². The number of carbonyl (C=O) groups is 1. The van der Waals surface area contributed by atoms with Crippen LogP contribution in [0.15, 0.2) is 22.7 Å². The van der Waals surface area contributed by atoms with Crippen LogP contribution in [0.5, 0.6) is 0 Å². The summed E-state index contributed by atoms with van der Waals surface area (Å²) in [6.45, 7) is 2.22. The molecule has 0 unspecified atom stereocenters. The van der Waals surface area contributed by atoms with E-state index in [1.54, 1.807) is 18.2 Å². The lowest BCUT2D eigenvalue weighted by molar-refractivity contribution is 0.0163. The van der Waals surface area contributed by atoms with Crippen LogP contribution in [-0.2, 0) is 4.74 Å². The standard InChI is InChI=1S/C15H20BrNO2/c1-2-10-6-8-11(9-7-10)19-15(18)12-4-3-5-13(17)14(12)16/h3-5,10-11H,2,6-9,17H2,1H3. The normalized spacial score (nSPS) is 23.1. The van der Waals surface area contributed by atoms with Gasteiger partial charge in [-0.05, 0) is 59.7 Å². The Morgan fingerprint density at radius 2 is 2.05 bits per heavy atom. The lowest BCUT2D eigenvalue weighted by Crippen LogP contribution is -2.24. The van der Waals surface area contributed by atoms with E-state index < -0.39 is 0 Å². The molecule has 3 nitrogen and oxygen atoms in total. The quantitative estimate of drug-likeness (QED) is 0.670. The Kier molecular flexibility index (Phi) is 4.86. The second kappa shape index (κ2) is 6.42. The van der Waals surface area contributed by atoms with Gasteiger partial charge in [0, 0.05) is 5.69 Å². The van der Waals surface area contributed by atoms with Crippen LogP contribution in [0, 0.1) is 5.92 Å². The Morgan fingerprint density at radius 1 is 1.37 bits per heavy atom. The highest BCUT2D eigenvalue weighted by Crippen LogP contribution is 2.30. The Hall–Kier alpha value is -1.03. The highest BCUT2D eigenvalue weighted by Gasteiger charge is 2.24. The molecule has 0 aliphatic heterocycles. The molecule has 0 spiro atoms. The van der Waals surface area contributed by atoms with Gasteiger partial charge in [0.2, 0.25) is 0 Å². The third-order valence-corrected chi connectivity index (χ3v) is 4.78. The van der Waals surface area contributed by atoms with Gasteiger partial charge in [-0.2, -0.15) is 0 Å². The molecule has 0 amide bonds. The summed E-state index contributed by atoms with van der Waals surface area (Å²) in [4.78, 5) is 12.1. The molecule has 1 saturated carbocycles. The van der Waals surface area contributed by atoms with Crippen LogP contribution in [-0.4, -0.2) is 12.1 Å². The minimum Gasteiger partial charge on any atom is -0.459 e. The first-order valence-electron chi connectivity index (χ1n) is 6.86. The number of anilines is 1. The van der Waals surface area contributed by atoms with Gasteiger partial charge in [-0.15, -0.1) is 0 Å². The highest BCUT2D eigenvalue weighted by atomic mass is 79.9. The number of nitrogens with two attached hydrogens (primary N) is 1. The van der Waals surface area contributed by atoms with Gasteiger partial charge in [0.05, 0.1) is 10.0 Å². The number of halogens is 1. The first-order valence-corrected chi connectivity index (χ1v) is 7.66. The molecule has 19 heavy (non-hydrogen) atoms. The molecular weight excluding hydrogens is 306 g/mol. The Bertz CT molecular complexity index is 453. The van der Waals surface area contributed by atoms with Gasteiger partial charge in [-0.1, -0.05) is 19.4 Å². The minimum atomic E-state index is -0.279. The number of rotatable bonds is 3. The number of hydrogen-bond donors (Lipinski definition) is 1. The van der Waals surface area contributed by atoms with Gasteiger partial charge in [0.25, 0.3) is 0 Å². The van der Waals surface area contributed by atoms with Crippen molar-refractivity contribution in [3.8, 4) is 0 Å². The second-order valence-corrected chi connectivity index (χ2v) is 5.96. The molecule has 4 heteroatoms. The van der Waals surface area contributed by atoms with E-state index in [9.17, 15) is 4.79 Å².